The van der Waals surface area contributed by atoms with Gasteiger partial charge in [0.05, 0.1) is 12.8 Å². The van der Waals surface area contributed by atoms with Crippen molar-refractivity contribution in [3.63, 3.8) is 0 Å². The summed E-state index contributed by atoms with van der Waals surface area (Å²) < 4.78 is 1.63. The molecule has 0 aromatic carbocycles. The lowest BCUT2D eigenvalue weighted by Crippen LogP contribution is -2.02. The zero-order chi connectivity index (χ0) is 8.55. The monoisotopic (exact) mass is 164 g/mol. The SMILES string of the molecule is Nc1c(CO)cnc2cncn12. The largest absolute Gasteiger partial charge is 0.391 e. The van der Waals surface area contributed by atoms with Gasteiger partial charge in [-0.1, -0.05) is 0 Å². The number of rotatable bonds is 1. The molecule has 0 atom stereocenters. The minimum absolute atomic E-state index is 0.104. The van der Waals surface area contributed by atoms with Crippen molar-refractivity contribution in [3.05, 3.63) is 24.3 Å². The Bertz CT molecular complexity index is 409. The van der Waals surface area contributed by atoms with Crippen molar-refractivity contribution in [3.8, 4) is 0 Å². The van der Waals surface area contributed by atoms with Crippen LogP contribution < -0.4 is 5.73 Å². The van der Waals surface area contributed by atoms with E-state index in [0.717, 1.165) is 0 Å². The number of anilines is 1. The smallest absolute Gasteiger partial charge is 0.157 e. The van der Waals surface area contributed by atoms with Crippen LogP contribution in [0, 0.1) is 0 Å². The van der Waals surface area contributed by atoms with Crippen LogP contribution in [0.15, 0.2) is 18.7 Å². The molecule has 0 aliphatic rings. The van der Waals surface area contributed by atoms with Crippen LogP contribution in [-0.2, 0) is 6.61 Å². The first-order chi connectivity index (χ1) is 5.83. The number of imidazole rings is 1. The number of nitrogen functional groups attached to an aromatic ring is 1. The molecule has 0 fully saturated rings. The Labute approximate surface area is 68.5 Å². The molecule has 2 rings (SSSR count). The first-order valence-electron chi connectivity index (χ1n) is 3.49. The summed E-state index contributed by atoms with van der Waals surface area (Å²) in [5.74, 6) is 0.486. The van der Waals surface area contributed by atoms with Gasteiger partial charge in [-0.25, -0.2) is 9.97 Å². The second-order valence-electron chi connectivity index (χ2n) is 2.45. The Morgan fingerprint density at radius 2 is 2.33 bits per heavy atom. The molecule has 5 nitrogen and oxygen atoms in total. The van der Waals surface area contributed by atoms with Gasteiger partial charge < -0.3 is 10.8 Å². The van der Waals surface area contributed by atoms with E-state index in [2.05, 4.69) is 9.97 Å². The Morgan fingerprint density at radius 3 is 3.08 bits per heavy atom. The number of aliphatic hydroxyl groups excluding tert-OH is 1. The fraction of sp³-hybridized carbons (Fsp3) is 0.143. The quantitative estimate of drug-likeness (QED) is 0.612. The average Bonchev–Trinajstić information content (AvgIpc) is 2.53. The third kappa shape index (κ3) is 0.835. The molecule has 0 amide bonds. The van der Waals surface area contributed by atoms with Crippen molar-refractivity contribution in [2.24, 2.45) is 0 Å². The molecule has 5 heteroatoms. The van der Waals surface area contributed by atoms with Crippen LogP contribution in [0.2, 0.25) is 0 Å². The number of aromatic nitrogens is 3. The van der Waals surface area contributed by atoms with Crippen molar-refractivity contribution in [2.75, 3.05) is 5.73 Å². The van der Waals surface area contributed by atoms with Crippen LogP contribution in [0.25, 0.3) is 5.65 Å². The molecule has 0 radical (unpaired) electrons. The molecule has 2 heterocycles. The summed E-state index contributed by atoms with van der Waals surface area (Å²) in [5.41, 5.74) is 6.99. The van der Waals surface area contributed by atoms with Gasteiger partial charge in [0.25, 0.3) is 0 Å². The third-order valence-corrected chi connectivity index (χ3v) is 1.73. The van der Waals surface area contributed by atoms with Gasteiger partial charge in [0.2, 0.25) is 0 Å². The summed E-state index contributed by atoms with van der Waals surface area (Å²) >= 11 is 0. The maximum atomic E-state index is 8.86. The number of aliphatic hydroxyl groups is 1. The van der Waals surface area contributed by atoms with Crippen LogP contribution in [0.5, 0.6) is 0 Å². The molecule has 0 saturated carbocycles. The Hall–Kier alpha value is -1.62. The van der Waals surface area contributed by atoms with Crippen molar-refractivity contribution in [1.29, 1.82) is 0 Å². The summed E-state index contributed by atoms with van der Waals surface area (Å²) in [6, 6.07) is 0. The van der Waals surface area contributed by atoms with E-state index in [1.165, 1.54) is 0 Å². The molecular weight excluding hydrogens is 156 g/mol. The summed E-state index contributed by atoms with van der Waals surface area (Å²) in [6.07, 6.45) is 4.72. The Morgan fingerprint density at radius 1 is 1.50 bits per heavy atom. The Balaban J connectivity index is 2.78. The van der Waals surface area contributed by atoms with Gasteiger partial charge in [-0.2, -0.15) is 0 Å². The van der Waals surface area contributed by atoms with Crippen molar-refractivity contribution >= 4 is 11.5 Å². The van der Waals surface area contributed by atoms with E-state index in [4.69, 9.17) is 10.8 Å². The molecule has 0 bridgehead atoms. The highest BCUT2D eigenvalue weighted by Gasteiger charge is 2.03. The number of nitrogens with zero attached hydrogens (tertiary/aromatic N) is 3. The molecule has 0 saturated heterocycles. The van der Waals surface area contributed by atoms with E-state index in [-0.39, 0.29) is 6.61 Å². The van der Waals surface area contributed by atoms with Crippen LogP contribution in [0.3, 0.4) is 0 Å². The lowest BCUT2D eigenvalue weighted by atomic mass is 10.3. The van der Waals surface area contributed by atoms with E-state index < -0.39 is 0 Å². The highest BCUT2D eigenvalue weighted by molar-refractivity contribution is 5.49. The number of hydrogen-bond donors (Lipinski definition) is 2. The topological polar surface area (TPSA) is 76.4 Å². The molecule has 0 aliphatic heterocycles. The maximum absolute atomic E-state index is 8.86. The Kier molecular flexibility index (Phi) is 1.44. The molecule has 62 valence electrons. The van der Waals surface area contributed by atoms with Crippen LogP contribution >= 0.6 is 0 Å². The molecule has 2 aromatic rings. The van der Waals surface area contributed by atoms with E-state index in [1.807, 2.05) is 0 Å². The number of fused-ring (bicyclic) bond motifs is 1. The lowest BCUT2D eigenvalue weighted by molar-refractivity contribution is 0.281. The van der Waals surface area contributed by atoms with Crippen molar-refractivity contribution in [2.45, 2.75) is 6.61 Å². The second kappa shape index (κ2) is 2.46. The van der Waals surface area contributed by atoms with E-state index in [0.29, 0.717) is 17.0 Å². The van der Waals surface area contributed by atoms with Gasteiger partial charge in [0, 0.05) is 11.8 Å². The summed E-state index contributed by atoms with van der Waals surface area (Å²) in [5, 5.41) is 8.86. The molecule has 0 unspecified atom stereocenters. The van der Waals surface area contributed by atoms with Crippen LogP contribution in [0.1, 0.15) is 5.56 Å². The van der Waals surface area contributed by atoms with Gasteiger partial charge in [-0.15, -0.1) is 0 Å². The zero-order valence-electron chi connectivity index (χ0n) is 6.31. The predicted octanol–water partition coefficient (Wildman–Crippen LogP) is -0.196. The first-order valence-corrected chi connectivity index (χ1v) is 3.49. The van der Waals surface area contributed by atoms with Crippen LogP contribution in [0.4, 0.5) is 5.82 Å². The molecule has 12 heavy (non-hydrogen) atoms. The minimum atomic E-state index is -0.104. The highest BCUT2D eigenvalue weighted by atomic mass is 16.3. The van der Waals surface area contributed by atoms with Gasteiger partial charge in [0.1, 0.15) is 12.1 Å². The van der Waals surface area contributed by atoms with Gasteiger partial charge in [-0.05, 0) is 0 Å². The molecule has 3 N–H and O–H groups in total. The predicted molar refractivity (Wildman–Crippen MR) is 43.3 cm³/mol. The fourth-order valence-corrected chi connectivity index (χ4v) is 1.06. The van der Waals surface area contributed by atoms with Crippen molar-refractivity contribution in [1.82, 2.24) is 14.4 Å². The number of hydrogen-bond acceptors (Lipinski definition) is 4. The highest BCUT2D eigenvalue weighted by Crippen LogP contribution is 2.11. The summed E-state index contributed by atoms with van der Waals surface area (Å²) in [6.45, 7) is -0.104. The normalized spacial score (nSPS) is 10.8. The second-order valence-corrected chi connectivity index (χ2v) is 2.45. The first kappa shape index (κ1) is 7.05. The van der Waals surface area contributed by atoms with Gasteiger partial charge in [0.15, 0.2) is 5.65 Å². The third-order valence-electron chi connectivity index (χ3n) is 1.73. The molecule has 0 spiro atoms. The minimum Gasteiger partial charge on any atom is -0.391 e. The molecule has 2 aromatic heterocycles. The van der Waals surface area contributed by atoms with Gasteiger partial charge >= 0.3 is 0 Å². The standard InChI is InChI=1S/C7H8N4O/c8-7-5(3-12)1-10-6-2-9-4-11(6)7/h1-2,4,12H,3,8H2. The average molecular weight is 164 g/mol. The maximum Gasteiger partial charge on any atom is 0.157 e. The molecular formula is C7H8N4O. The van der Waals surface area contributed by atoms with E-state index in [9.17, 15) is 0 Å². The lowest BCUT2D eigenvalue weighted by Gasteiger charge is -2.03. The van der Waals surface area contributed by atoms with Gasteiger partial charge in [-0.3, -0.25) is 4.40 Å². The van der Waals surface area contributed by atoms with Crippen molar-refractivity contribution < 1.29 is 5.11 Å². The van der Waals surface area contributed by atoms with Crippen LogP contribution in [-0.4, -0.2) is 19.5 Å². The summed E-state index contributed by atoms with van der Waals surface area (Å²) in [7, 11) is 0. The fourth-order valence-electron chi connectivity index (χ4n) is 1.06. The van der Waals surface area contributed by atoms with E-state index >= 15 is 0 Å². The number of nitrogens with two attached hydrogens (primary N) is 1. The zero-order valence-corrected chi connectivity index (χ0v) is 6.31. The summed E-state index contributed by atoms with van der Waals surface area (Å²) in [4.78, 5) is 7.91. The molecule has 0 aliphatic carbocycles. The van der Waals surface area contributed by atoms with E-state index in [1.54, 1.807) is 23.1 Å².